The van der Waals surface area contributed by atoms with Crippen LogP contribution in [-0.2, 0) is 9.53 Å². The summed E-state index contributed by atoms with van der Waals surface area (Å²) in [4.78, 5) is 14.4. The SMILES string of the molecule is CCC1(C(=O)N2CCOC(CO)C2)CCCN1.Cl. The van der Waals surface area contributed by atoms with Gasteiger partial charge in [-0.05, 0) is 25.8 Å². The van der Waals surface area contributed by atoms with Crippen molar-refractivity contribution in [1.82, 2.24) is 10.2 Å². The molecule has 1 amide bonds. The van der Waals surface area contributed by atoms with Crippen molar-refractivity contribution in [3.05, 3.63) is 0 Å². The summed E-state index contributed by atoms with van der Waals surface area (Å²) in [5.41, 5.74) is -0.364. The second kappa shape index (κ2) is 6.70. The lowest BCUT2D eigenvalue weighted by Gasteiger charge is -2.38. The van der Waals surface area contributed by atoms with Gasteiger partial charge in [-0.2, -0.15) is 0 Å². The molecule has 2 rings (SSSR count). The highest BCUT2D eigenvalue weighted by molar-refractivity contribution is 5.87. The molecule has 0 bridgehead atoms. The number of halogens is 1. The van der Waals surface area contributed by atoms with Crippen LogP contribution in [0.1, 0.15) is 26.2 Å². The first-order valence-electron chi connectivity index (χ1n) is 6.49. The Morgan fingerprint density at radius 2 is 2.39 bits per heavy atom. The summed E-state index contributed by atoms with van der Waals surface area (Å²) in [7, 11) is 0. The van der Waals surface area contributed by atoms with Crippen molar-refractivity contribution in [3.8, 4) is 0 Å². The number of ether oxygens (including phenoxy) is 1. The number of morpholine rings is 1. The van der Waals surface area contributed by atoms with Crippen LogP contribution < -0.4 is 5.32 Å². The molecular formula is C12H23ClN2O3. The van der Waals surface area contributed by atoms with Gasteiger partial charge in [-0.1, -0.05) is 6.92 Å². The van der Waals surface area contributed by atoms with Crippen molar-refractivity contribution < 1.29 is 14.6 Å². The van der Waals surface area contributed by atoms with Crippen LogP contribution in [0.5, 0.6) is 0 Å². The van der Waals surface area contributed by atoms with Gasteiger partial charge in [-0.3, -0.25) is 4.79 Å². The maximum atomic E-state index is 12.5. The minimum absolute atomic E-state index is 0. The van der Waals surface area contributed by atoms with Gasteiger partial charge in [0.1, 0.15) is 0 Å². The first-order chi connectivity index (χ1) is 8.22. The molecule has 0 aliphatic carbocycles. The van der Waals surface area contributed by atoms with Crippen LogP contribution in [0.15, 0.2) is 0 Å². The summed E-state index contributed by atoms with van der Waals surface area (Å²) >= 11 is 0. The van der Waals surface area contributed by atoms with Gasteiger partial charge in [0.05, 0.1) is 24.9 Å². The number of rotatable bonds is 3. The van der Waals surface area contributed by atoms with E-state index in [1.807, 2.05) is 4.90 Å². The Bertz CT molecular complexity index is 282. The minimum Gasteiger partial charge on any atom is -0.394 e. The second-order valence-corrected chi connectivity index (χ2v) is 4.89. The molecule has 0 saturated carbocycles. The maximum Gasteiger partial charge on any atom is 0.243 e. The van der Waals surface area contributed by atoms with E-state index in [0.29, 0.717) is 19.7 Å². The number of nitrogens with zero attached hydrogens (tertiary/aromatic N) is 1. The predicted octanol–water partition coefficient (Wildman–Crippen LogP) is 0.160. The highest BCUT2D eigenvalue weighted by Crippen LogP contribution is 2.26. The van der Waals surface area contributed by atoms with Crippen molar-refractivity contribution in [2.75, 3.05) is 32.8 Å². The number of carbonyl (C=O) groups is 1. The van der Waals surface area contributed by atoms with Gasteiger partial charge < -0.3 is 20.1 Å². The molecule has 2 saturated heterocycles. The van der Waals surface area contributed by atoms with E-state index in [1.54, 1.807) is 0 Å². The fourth-order valence-corrected chi connectivity index (χ4v) is 2.76. The molecule has 2 atom stereocenters. The number of aliphatic hydroxyl groups is 1. The Kier molecular flexibility index (Phi) is 5.85. The van der Waals surface area contributed by atoms with E-state index >= 15 is 0 Å². The van der Waals surface area contributed by atoms with Gasteiger partial charge >= 0.3 is 0 Å². The van der Waals surface area contributed by atoms with Crippen LogP contribution in [0.25, 0.3) is 0 Å². The fourth-order valence-electron chi connectivity index (χ4n) is 2.76. The topological polar surface area (TPSA) is 61.8 Å². The van der Waals surface area contributed by atoms with E-state index in [1.165, 1.54) is 0 Å². The standard InChI is InChI=1S/C12H22N2O3.ClH/c1-2-12(4-3-5-13-12)11(16)14-6-7-17-10(8-14)9-15;/h10,13,15H,2-9H2,1H3;1H. The predicted molar refractivity (Wildman–Crippen MR) is 70.9 cm³/mol. The molecule has 6 heteroatoms. The molecule has 0 radical (unpaired) electrons. The highest BCUT2D eigenvalue weighted by Gasteiger charge is 2.42. The van der Waals surface area contributed by atoms with Crippen molar-refractivity contribution in [2.24, 2.45) is 0 Å². The van der Waals surface area contributed by atoms with Crippen molar-refractivity contribution >= 4 is 18.3 Å². The van der Waals surface area contributed by atoms with Crippen LogP contribution >= 0.6 is 12.4 Å². The molecule has 0 spiro atoms. The van der Waals surface area contributed by atoms with E-state index in [4.69, 9.17) is 9.84 Å². The molecule has 0 aromatic rings. The summed E-state index contributed by atoms with van der Waals surface area (Å²) < 4.78 is 5.37. The Balaban J connectivity index is 0.00000162. The molecule has 5 nitrogen and oxygen atoms in total. The Hall–Kier alpha value is -0.360. The Morgan fingerprint density at radius 3 is 2.94 bits per heavy atom. The lowest BCUT2D eigenvalue weighted by atomic mass is 9.92. The molecule has 2 fully saturated rings. The van der Waals surface area contributed by atoms with Gasteiger partial charge in [0.15, 0.2) is 0 Å². The fraction of sp³-hybridized carbons (Fsp3) is 0.917. The van der Waals surface area contributed by atoms with Gasteiger partial charge in [0, 0.05) is 13.1 Å². The largest absolute Gasteiger partial charge is 0.394 e. The van der Waals surface area contributed by atoms with E-state index in [0.717, 1.165) is 25.8 Å². The van der Waals surface area contributed by atoms with E-state index in [9.17, 15) is 4.79 Å². The number of amides is 1. The average Bonchev–Trinajstić information content (AvgIpc) is 2.88. The zero-order chi connectivity index (χ0) is 12.3. The summed E-state index contributed by atoms with van der Waals surface area (Å²) in [6.07, 6.45) is 2.59. The Morgan fingerprint density at radius 1 is 1.61 bits per heavy atom. The number of aliphatic hydroxyl groups excluding tert-OH is 1. The third-order valence-corrected chi connectivity index (χ3v) is 3.89. The van der Waals surface area contributed by atoms with Crippen molar-refractivity contribution in [3.63, 3.8) is 0 Å². The van der Waals surface area contributed by atoms with Crippen LogP contribution in [-0.4, -0.2) is 60.4 Å². The number of carbonyl (C=O) groups excluding carboxylic acids is 1. The van der Waals surface area contributed by atoms with Gasteiger partial charge in [0.25, 0.3) is 0 Å². The number of hydrogen-bond acceptors (Lipinski definition) is 4. The number of hydrogen-bond donors (Lipinski definition) is 2. The summed E-state index contributed by atoms with van der Waals surface area (Å²) in [6.45, 7) is 4.64. The van der Waals surface area contributed by atoms with Gasteiger partial charge in [-0.25, -0.2) is 0 Å². The monoisotopic (exact) mass is 278 g/mol. The summed E-state index contributed by atoms with van der Waals surface area (Å²) in [5, 5.41) is 12.5. The number of nitrogens with one attached hydrogen (secondary N) is 1. The lowest BCUT2D eigenvalue weighted by molar-refractivity contribution is -0.147. The second-order valence-electron chi connectivity index (χ2n) is 4.89. The maximum absolute atomic E-state index is 12.5. The molecule has 0 aromatic carbocycles. The van der Waals surface area contributed by atoms with Crippen molar-refractivity contribution in [2.45, 2.75) is 37.8 Å². The van der Waals surface area contributed by atoms with Crippen LogP contribution in [0.3, 0.4) is 0 Å². The molecule has 2 N–H and O–H groups in total. The smallest absolute Gasteiger partial charge is 0.243 e. The third-order valence-electron chi connectivity index (χ3n) is 3.89. The molecule has 2 heterocycles. The zero-order valence-corrected chi connectivity index (χ0v) is 11.7. The molecule has 18 heavy (non-hydrogen) atoms. The van der Waals surface area contributed by atoms with Gasteiger partial charge in [-0.15, -0.1) is 12.4 Å². The molecule has 2 aliphatic heterocycles. The molecule has 2 aliphatic rings. The summed E-state index contributed by atoms with van der Waals surface area (Å²) in [5.74, 6) is 0.180. The van der Waals surface area contributed by atoms with Crippen LogP contribution in [0, 0.1) is 0 Å². The zero-order valence-electron chi connectivity index (χ0n) is 10.9. The van der Waals surface area contributed by atoms with E-state index in [2.05, 4.69) is 12.2 Å². The van der Waals surface area contributed by atoms with Crippen molar-refractivity contribution in [1.29, 1.82) is 0 Å². The van der Waals surface area contributed by atoms with Crippen LogP contribution in [0.4, 0.5) is 0 Å². The van der Waals surface area contributed by atoms with E-state index in [-0.39, 0.29) is 36.6 Å². The average molecular weight is 279 g/mol. The molecule has 0 aromatic heterocycles. The highest BCUT2D eigenvalue weighted by atomic mass is 35.5. The van der Waals surface area contributed by atoms with Gasteiger partial charge in [0.2, 0.25) is 5.91 Å². The quantitative estimate of drug-likeness (QED) is 0.772. The van der Waals surface area contributed by atoms with E-state index < -0.39 is 0 Å². The normalized spacial score (nSPS) is 32.1. The lowest BCUT2D eigenvalue weighted by Crippen LogP contribution is -2.58. The molecular weight excluding hydrogens is 256 g/mol. The third kappa shape index (κ3) is 2.96. The Labute approximate surface area is 114 Å². The summed E-state index contributed by atoms with van der Waals surface area (Å²) in [6, 6.07) is 0. The molecule has 2 unspecified atom stereocenters. The minimum atomic E-state index is -0.364. The first-order valence-corrected chi connectivity index (χ1v) is 6.49. The first kappa shape index (κ1) is 15.7. The van der Waals surface area contributed by atoms with Crippen LogP contribution in [0.2, 0.25) is 0 Å². The molecule has 106 valence electrons.